The molecular formula is C29H32BrN11O5. The topological polar surface area (TPSA) is 232 Å². The standard InChI is InChI=1S/C29H32BrN11O5/c1-15(30)23(42)37-16-9-20(34-12-16)25(44)39(3)17-10-21(35-13-17)26(45)40(4)18-11-22(36-14-18)27(46)41(5)29(2,28(31)32)38-24(43)19-7-6-8-33-19/h6-14,33-36H,1H2,2-5H3,(H3,31,32)(H,37,42)(H,38,43). The summed E-state index contributed by atoms with van der Waals surface area (Å²) < 4.78 is 0.132. The molecule has 0 aliphatic rings. The Morgan fingerprint density at radius 2 is 1.37 bits per heavy atom. The van der Waals surface area contributed by atoms with E-state index in [1.54, 1.807) is 12.3 Å². The predicted molar refractivity (Wildman–Crippen MR) is 175 cm³/mol. The smallest absolute Gasteiger partial charge is 0.274 e. The van der Waals surface area contributed by atoms with Crippen LogP contribution in [0, 0.1) is 5.41 Å². The minimum absolute atomic E-state index is 0.0678. The van der Waals surface area contributed by atoms with Crippen molar-refractivity contribution in [1.29, 1.82) is 5.41 Å². The van der Waals surface area contributed by atoms with Crippen molar-refractivity contribution in [2.75, 3.05) is 36.3 Å². The number of rotatable bonds is 11. The van der Waals surface area contributed by atoms with Gasteiger partial charge in [0.25, 0.3) is 29.5 Å². The van der Waals surface area contributed by atoms with Gasteiger partial charge in [0.15, 0.2) is 5.66 Å². The third kappa shape index (κ3) is 6.63. The van der Waals surface area contributed by atoms with Crippen LogP contribution in [0.5, 0.6) is 0 Å². The van der Waals surface area contributed by atoms with Crippen LogP contribution >= 0.6 is 15.9 Å². The summed E-state index contributed by atoms with van der Waals surface area (Å²) in [7, 11) is 4.42. The highest BCUT2D eigenvalue weighted by Crippen LogP contribution is 2.23. The Bertz CT molecular complexity index is 1840. The number of hydrogen-bond donors (Lipinski definition) is 8. The van der Waals surface area contributed by atoms with Gasteiger partial charge in [-0.15, -0.1) is 0 Å². The molecule has 0 radical (unpaired) electrons. The summed E-state index contributed by atoms with van der Waals surface area (Å²) in [5, 5.41) is 13.3. The molecule has 0 fully saturated rings. The maximum Gasteiger partial charge on any atom is 0.274 e. The lowest BCUT2D eigenvalue weighted by molar-refractivity contribution is -0.112. The normalized spacial score (nSPS) is 12.0. The van der Waals surface area contributed by atoms with Crippen molar-refractivity contribution in [3.63, 3.8) is 0 Å². The van der Waals surface area contributed by atoms with Crippen LogP contribution < -0.4 is 26.2 Å². The highest BCUT2D eigenvalue weighted by Gasteiger charge is 2.39. The van der Waals surface area contributed by atoms with Gasteiger partial charge in [0.1, 0.15) is 28.6 Å². The Labute approximate surface area is 271 Å². The Hall–Kier alpha value is -5.84. The number of halogens is 1. The van der Waals surface area contributed by atoms with Gasteiger partial charge in [0.05, 0.1) is 21.5 Å². The molecule has 0 aliphatic heterocycles. The minimum Gasteiger partial charge on any atom is -0.384 e. The zero-order chi connectivity index (χ0) is 33.9. The molecule has 240 valence electrons. The number of nitrogens with zero attached hydrogens (tertiary/aromatic N) is 3. The van der Waals surface area contributed by atoms with E-state index in [4.69, 9.17) is 11.1 Å². The van der Waals surface area contributed by atoms with Crippen LogP contribution in [0.4, 0.5) is 17.1 Å². The van der Waals surface area contributed by atoms with Gasteiger partial charge in [-0.2, -0.15) is 0 Å². The first-order chi connectivity index (χ1) is 21.6. The van der Waals surface area contributed by atoms with Crippen LogP contribution in [0.3, 0.4) is 0 Å². The Kier molecular flexibility index (Phi) is 9.36. The number of nitrogens with one attached hydrogen (secondary N) is 7. The molecule has 17 heteroatoms. The van der Waals surface area contributed by atoms with Crippen molar-refractivity contribution in [3.05, 3.63) is 89.0 Å². The Morgan fingerprint density at radius 1 is 0.848 bits per heavy atom. The van der Waals surface area contributed by atoms with Crippen molar-refractivity contribution < 1.29 is 24.0 Å². The molecule has 16 nitrogen and oxygen atoms in total. The molecule has 1 atom stereocenters. The molecule has 4 rings (SSSR count). The molecule has 0 bridgehead atoms. The molecule has 0 saturated carbocycles. The number of likely N-dealkylation sites (N-methyl/N-ethyl adjacent to an activating group) is 1. The minimum atomic E-state index is -1.67. The number of hydrogen-bond acceptors (Lipinski definition) is 6. The van der Waals surface area contributed by atoms with Crippen LogP contribution in [0.15, 0.2) is 66.2 Å². The monoisotopic (exact) mass is 693 g/mol. The third-order valence-corrected chi connectivity index (χ3v) is 7.66. The number of amides is 5. The SMILES string of the molecule is C=C(Br)C(=O)Nc1c[nH]c(C(=O)N(C)c2c[nH]c(C(=O)N(C)c3c[nH]c(C(=O)N(C)C(C)(NC(=O)c4ccc[nH]4)C(=N)N)c3)c2)c1. The second-order valence-electron chi connectivity index (χ2n) is 10.3. The Morgan fingerprint density at radius 3 is 1.87 bits per heavy atom. The number of H-pyrrole nitrogens is 4. The first-order valence-electron chi connectivity index (χ1n) is 13.5. The fourth-order valence-electron chi connectivity index (χ4n) is 4.26. The number of aromatic nitrogens is 4. The molecule has 4 heterocycles. The summed E-state index contributed by atoms with van der Waals surface area (Å²) in [4.78, 5) is 79.2. The van der Waals surface area contributed by atoms with Gasteiger partial charge >= 0.3 is 0 Å². The summed E-state index contributed by atoms with van der Waals surface area (Å²) in [6.07, 6.45) is 5.97. The van der Waals surface area contributed by atoms with Crippen LogP contribution in [0.25, 0.3) is 0 Å². The zero-order valence-corrected chi connectivity index (χ0v) is 26.8. The summed E-state index contributed by atoms with van der Waals surface area (Å²) in [6.45, 7) is 4.92. The quantitative estimate of drug-likeness (QED) is 0.0508. The highest BCUT2D eigenvalue weighted by molar-refractivity contribution is 9.12. The number of anilines is 3. The lowest BCUT2D eigenvalue weighted by Gasteiger charge is -2.38. The second kappa shape index (κ2) is 13.0. The van der Waals surface area contributed by atoms with Crippen LogP contribution in [-0.2, 0) is 4.79 Å². The predicted octanol–water partition coefficient (Wildman–Crippen LogP) is 2.55. The van der Waals surface area contributed by atoms with E-state index < -0.39 is 41.0 Å². The largest absolute Gasteiger partial charge is 0.384 e. The molecular weight excluding hydrogens is 662 g/mol. The number of aromatic amines is 4. The first kappa shape index (κ1) is 33.1. The fourth-order valence-corrected chi connectivity index (χ4v) is 4.36. The van der Waals surface area contributed by atoms with Crippen molar-refractivity contribution in [1.82, 2.24) is 30.2 Å². The Balaban J connectivity index is 1.44. The van der Waals surface area contributed by atoms with Crippen molar-refractivity contribution in [3.8, 4) is 0 Å². The number of carbonyl (C=O) groups excluding carboxylic acids is 5. The molecule has 0 spiro atoms. The van der Waals surface area contributed by atoms with E-state index in [2.05, 4.69) is 53.1 Å². The van der Waals surface area contributed by atoms with Gasteiger partial charge in [-0.25, -0.2) is 0 Å². The van der Waals surface area contributed by atoms with E-state index in [9.17, 15) is 24.0 Å². The second-order valence-corrected chi connectivity index (χ2v) is 11.3. The lowest BCUT2D eigenvalue weighted by Crippen LogP contribution is -2.66. The molecule has 0 aromatic carbocycles. The lowest BCUT2D eigenvalue weighted by atomic mass is 10.1. The van der Waals surface area contributed by atoms with E-state index in [0.29, 0.717) is 17.1 Å². The summed E-state index contributed by atoms with van der Waals surface area (Å²) in [5.74, 6) is -3.00. The molecule has 0 saturated heterocycles. The molecule has 0 aliphatic carbocycles. The van der Waals surface area contributed by atoms with Gasteiger partial charge in [0, 0.05) is 45.9 Å². The number of carbonyl (C=O) groups is 5. The van der Waals surface area contributed by atoms with Crippen LogP contribution in [-0.4, -0.2) is 87.0 Å². The third-order valence-electron chi connectivity index (χ3n) is 7.30. The molecule has 4 aromatic rings. The number of nitrogens with two attached hydrogens (primary N) is 1. The molecule has 1 unspecified atom stereocenters. The van der Waals surface area contributed by atoms with E-state index >= 15 is 0 Å². The van der Waals surface area contributed by atoms with Crippen molar-refractivity contribution >= 4 is 68.4 Å². The average Bonchev–Trinajstić information content (AvgIpc) is 3.85. The van der Waals surface area contributed by atoms with Gasteiger partial charge in [-0.1, -0.05) is 6.58 Å². The van der Waals surface area contributed by atoms with Crippen LogP contribution in [0.2, 0.25) is 0 Å². The zero-order valence-electron chi connectivity index (χ0n) is 25.2. The van der Waals surface area contributed by atoms with Gasteiger partial charge in [-0.3, -0.25) is 29.4 Å². The maximum atomic E-state index is 13.4. The first-order valence-corrected chi connectivity index (χ1v) is 14.3. The van der Waals surface area contributed by atoms with E-state index in [1.807, 2.05) is 0 Å². The summed E-state index contributed by atoms with van der Waals surface area (Å²) in [5.41, 5.74) is 5.89. The van der Waals surface area contributed by atoms with Crippen molar-refractivity contribution in [2.45, 2.75) is 12.6 Å². The van der Waals surface area contributed by atoms with Crippen molar-refractivity contribution in [2.24, 2.45) is 5.73 Å². The van der Waals surface area contributed by atoms with Gasteiger partial charge in [-0.05, 0) is 53.2 Å². The maximum absolute atomic E-state index is 13.4. The molecule has 46 heavy (non-hydrogen) atoms. The average molecular weight is 695 g/mol. The van der Waals surface area contributed by atoms with E-state index in [-0.39, 0.29) is 27.3 Å². The summed E-state index contributed by atoms with van der Waals surface area (Å²) >= 11 is 2.99. The van der Waals surface area contributed by atoms with Gasteiger partial charge < -0.3 is 51.0 Å². The number of amidine groups is 1. The summed E-state index contributed by atoms with van der Waals surface area (Å²) in [6, 6.07) is 7.57. The van der Waals surface area contributed by atoms with E-state index in [0.717, 1.165) is 4.90 Å². The van der Waals surface area contributed by atoms with E-state index in [1.165, 1.54) is 80.7 Å². The van der Waals surface area contributed by atoms with Gasteiger partial charge in [0.2, 0.25) is 0 Å². The molecule has 4 aromatic heterocycles. The molecule has 9 N–H and O–H groups in total. The highest BCUT2D eigenvalue weighted by atomic mass is 79.9. The fraction of sp³-hybridized carbons (Fsp3) is 0.172. The van der Waals surface area contributed by atoms with Crippen LogP contribution in [0.1, 0.15) is 48.9 Å². The molecule has 5 amide bonds.